The van der Waals surface area contributed by atoms with E-state index in [1.807, 2.05) is 7.05 Å². The first-order chi connectivity index (χ1) is 8.20. The van der Waals surface area contributed by atoms with Crippen LogP contribution >= 0.6 is 0 Å². The van der Waals surface area contributed by atoms with E-state index in [1.54, 1.807) is 12.4 Å². The Bertz CT molecular complexity index is 448. The maximum absolute atomic E-state index is 5.21. The summed E-state index contributed by atoms with van der Waals surface area (Å²) in [7, 11) is 1.94. The fraction of sp³-hybridized carbons (Fsp3) is 0.545. The van der Waals surface area contributed by atoms with Gasteiger partial charge in [0, 0.05) is 24.9 Å². The first kappa shape index (κ1) is 11.8. The Morgan fingerprint density at radius 1 is 1.47 bits per heavy atom. The van der Waals surface area contributed by atoms with Gasteiger partial charge in [0.2, 0.25) is 11.7 Å². The van der Waals surface area contributed by atoms with Crippen molar-refractivity contribution in [3.8, 4) is 11.6 Å². The van der Waals surface area contributed by atoms with Crippen molar-refractivity contribution in [1.82, 2.24) is 25.4 Å². The number of likely N-dealkylation sites (N-methyl/N-ethyl adjacent to an activating group) is 1. The van der Waals surface area contributed by atoms with Crippen molar-refractivity contribution in [2.75, 3.05) is 7.05 Å². The Hall–Kier alpha value is -1.69. The number of hydrogen-bond acceptors (Lipinski definition) is 5. The second-order valence-electron chi connectivity index (χ2n) is 4.29. The second kappa shape index (κ2) is 5.09. The summed E-state index contributed by atoms with van der Waals surface area (Å²) in [5.41, 5.74) is 0. The van der Waals surface area contributed by atoms with Crippen LogP contribution in [0.1, 0.15) is 19.7 Å². The molecule has 0 aromatic carbocycles. The monoisotopic (exact) mass is 235 g/mol. The fourth-order valence-corrected chi connectivity index (χ4v) is 1.68. The van der Waals surface area contributed by atoms with Crippen molar-refractivity contribution >= 4 is 0 Å². The van der Waals surface area contributed by atoms with E-state index in [4.69, 9.17) is 4.52 Å². The van der Waals surface area contributed by atoms with E-state index in [0.29, 0.717) is 29.5 Å². The molecule has 6 nitrogen and oxygen atoms in total. The van der Waals surface area contributed by atoms with Crippen LogP contribution in [-0.4, -0.2) is 33.2 Å². The minimum absolute atomic E-state index is 0.333. The van der Waals surface area contributed by atoms with E-state index in [-0.39, 0.29) is 0 Å². The van der Waals surface area contributed by atoms with E-state index < -0.39 is 0 Å². The minimum atomic E-state index is 0.333. The fourth-order valence-electron chi connectivity index (χ4n) is 1.68. The highest BCUT2D eigenvalue weighted by atomic mass is 16.5. The lowest BCUT2D eigenvalue weighted by molar-refractivity contribution is 0.335. The highest BCUT2D eigenvalue weighted by molar-refractivity contribution is 5.40. The number of aromatic amines is 1. The van der Waals surface area contributed by atoms with Gasteiger partial charge < -0.3 is 14.8 Å². The molecule has 2 heterocycles. The molecule has 2 aromatic rings. The molecule has 1 unspecified atom stereocenters. The Balaban J connectivity index is 2.08. The molecule has 0 radical (unpaired) electrons. The SMILES string of the molecule is CNC(Cc1nc(-c2ncc[nH]2)no1)C(C)C. The van der Waals surface area contributed by atoms with Crippen LogP contribution in [-0.2, 0) is 6.42 Å². The highest BCUT2D eigenvalue weighted by Crippen LogP contribution is 2.13. The van der Waals surface area contributed by atoms with Crippen LogP contribution in [0.15, 0.2) is 16.9 Å². The molecule has 0 spiro atoms. The van der Waals surface area contributed by atoms with Crippen LogP contribution in [0.25, 0.3) is 11.6 Å². The molecule has 2 aromatic heterocycles. The predicted molar refractivity (Wildman–Crippen MR) is 63.3 cm³/mol. The first-order valence-corrected chi connectivity index (χ1v) is 5.70. The quantitative estimate of drug-likeness (QED) is 0.815. The van der Waals surface area contributed by atoms with Crippen molar-refractivity contribution in [1.29, 1.82) is 0 Å². The lowest BCUT2D eigenvalue weighted by Crippen LogP contribution is -2.32. The zero-order valence-corrected chi connectivity index (χ0v) is 10.3. The van der Waals surface area contributed by atoms with Crippen LogP contribution in [0.5, 0.6) is 0 Å². The van der Waals surface area contributed by atoms with Crippen molar-refractivity contribution in [2.24, 2.45) is 5.92 Å². The second-order valence-corrected chi connectivity index (χ2v) is 4.29. The number of rotatable bonds is 5. The first-order valence-electron chi connectivity index (χ1n) is 5.70. The van der Waals surface area contributed by atoms with Gasteiger partial charge in [-0.2, -0.15) is 4.98 Å². The largest absolute Gasteiger partial charge is 0.342 e. The molecule has 0 saturated carbocycles. The summed E-state index contributed by atoms with van der Waals surface area (Å²) in [5, 5.41) is 7.14. The molecule has 2 rings (SSSR count). The molecule has 6 heteroatoms. The standard InChI is InChI=1S/C11H17N5O/c1-7(2)8(12-3)6-9-15-11(16-17-9)10-13-4-5-14-10/h4-5,7-8,12H,6H2,1-3H3,(H,13,14). The molecule has 0 bridgehead atoms. The lowest BCUT2D eigenvalue weighted by Gasteiger charge is -2.17. The Kier molecular flexibility index (Phi) is 3.53. The number of imidazole rings is 1. The van der Waals surface area contributed by atoms with Gasteiger partial charge in [0.25, 0.3) is 0 Å². The summed E-state index contributed by atoms with van der Waals surface area (Å²) in [5.74, 6) is 2.28. The number of aromatic nitrogens is 4. The van der Waals surface area contributed by atoms with Crippen molar-refractivity contribution < 1.29 is 4.52 Å². The van der Waals surface area contributed by atoms with Crippen LogP contribution in [0, 0.1) is 5.92 Å². The molecule has 0 saturated heterocycles. The predicted octanol–water partition coefficient (Wildman–Crippen LogP) is 1.25. The molecule has 17 heavy (non-hydrogen) atoms. The molecule has 0 fully saturated rings. The molecule has 2 N–H and O–H groups in total. The third-order valence-electron chi connectivity index (χ3n) is 2.75. The van der Waals surface area contributed by atoms with Gasteiger partial charge in [-0.3, -0.25) is 0 Å². The Morgan fingerprint density at radius 3 is 2.88 bits per heavy atom. The topological polar surface area (TPSA) is 79.6 Å². The van der Waals surface area contributed by atoms with E-state index in [9.17, 15) is 0 Å². The lowest BCUT2D eigenvalue weighted by atomic mass is 10.0. The third kappa shape index (κ3) is 2.71. The number of nitrogens with zero attached hydrogens (tertiary/aromatic N) is 3. The molecular formula is C11H17N5O. The van der Waals surface area contributed by atoms with Crippen LogP contribution in [0.4, 0.5) is 0 Å². The van der Waals surface area contributed by atoms with E-state index in [2.05, 4.69) is 39.3 Å². The molecule has 0 aliphatic heterocycles. The summed E-state index contributed by atoms with van der Waals surface area (Å²) in [4.78, 5) is 11.3. The van der Waals surface area contributed by atoms with Gasteiger partial charge in [0.1, 0.15) is 0 Å². The Labute approximate surface area is 99.8 Å². The summed E-state index contributed by atoms with van der Waals surface area (Å²) >= 11 is 0. The van der Waals surface area contributed by atoms with Crippen molar-refractivity contribution in [3.63, 3.8) is 0 Å². The molecule has 0 aliphatic carbocycles. The van der Waals surface area contributed by atoms with E-state index in [1.165, 1.54) is 0 Å². The van der Waals surface area contributed by atoms with Crippen molar-refractivity contribution in [2.45, 2.75) is 26.3 Å². The molecule has 0 aliphatic rings. The average molecular weight is 235 g/mol. The van der Waals surface area contributed by atoms with Gasteiger partial charge in [-0.1, -0.05) is 19.0 Å². The number of H-pyrrole nitrogens is 1. The van der Waals surface area contributed by atoms with Gasteiger partial charge in [0.15, 0.2) is 5.82 Å². The van der Waals surface area contributed by atoms with Crippen LogP contribution in [0.3, 0.4) is 0 Å². The van der Waals surface area contributed by atoms with Gasteiger partial charge in [-0.25, -0.2) is 4.98 Å². The third-order valence-corrected chi connectivity index (χ3v) is 2.75. The smallest absolute Gasteiger partial charge is 0.238 e. The average Bonchev–Trinajstić information content (AvgIpc) is 2.95. The highest BCUT2D eigenvalue weighted by Gasteiger charge is 2.17. The van der Waals surface area contributed by atoms with Gasteiger partial charge in [-0.05, 0) is 13.0 Å². The van der Waals surface area contributed by atoms with Crippen LogP contribution < -0.4 is 5.32 Å². The van der Waals surface area contributed by atoms with Gasteiger partial charge in [-0.15, -0.1) is 0 Å². The summed E-state index contributed by atoms with van der Waals surface area (Å²) < 4.78 is 5.21. The van der Waals surface area contributed by atoms with E-state index in [0.717, 1.165) is 6.42 Å². The summed E-state index contributed by atoms with van der Waals surface area (Å²) in [6, 6.07) is 0.333. The Morgan fingerprint density at radius 2 is 2.29 bits per heavy atom. The molecule has 1 atom stereocenters. The van der Waals surface area contributed by atoms with Gasteiger partial charge in [0.05, 0.1) is 0 Å². The van der Waals surface area contributed by atoms with E-state index >= 15 is 0 Å². The minimum Gasteiger partial charge on any atom is -0.342 e. The van der Waals surface area contributed by atoms with Crippen LogP contribution in [0.2, 0.25) is 0 Å². The number of nitrogens with one attached hydrogen (secondary N) is 2. The summed E-state index contributed by atoms with van der Waals surface area (Å²) in [6.45, 7) is 4.32. The maximum atomic E-state index is 5.21. The molecular weight excluding hydrogens is 218 g/mol. The maximum Gasteiger partial charge on any atom is 0.238 e. The molecule has 92 valence electrons. The normalized spacial score (nSPS) is 13.2. The van der Waals surface area contributed by atoms with Gasteiger partial charge >= 0.3 is 0 Å². The summed E-state index contributed by atoms with van der Waals surface area (Å²) in [6.07, 6.45) is 4.12. The number of hydrogen-bond donors (Lipinski definition) is 2. The zero-order valence-electron chi connectivity index (χ0n) is 10.3. The molecule has 0 amide bonds. The van der Waals surface area contributed by atoms with Crippen molar-refractivity contribution in [3.05, 3.63) is 18.3 Å². The zero-order chi connectivity index (χ0) is 12.3.